The quantitative estimate of drug-likeness (QED) is 0.118. The van der Waals surface area contributed by atoms with Gasteiger partial charge in [0.2, 0.25) is 0 Å². The van der Waals surface area contributed by atoms with Crippen LogP contribution < -0.4 is 0 Å². The Bertz CT molecular complexity index is 1690. The fourth-order valence-electron chi connectivity index (χ4n) is 6.18. The van der Waals surface area contributed by atoms with Crippen molar-refractivity contribution in [3.8, 4) is 0 Å². The molecule has 0 spiro atoms. The Labute approximate surface area is 359 Å². The Morgan fingerprint density at radius 3 is 1.04 bits per heavy atom. The van der Waals surface area contributed by atoms with E-state index in [2.05, 4.69) is 184 Å². The van der Waals surface area contributed by atoms with Gasteiger partial charge in [0, 0.05) is 16.5 Å². The van der Waals surface area contributed by atoms with E-state index in [1.54, 1.807) is 0 Å². The van der Waals surface area contributed by atoms with Crippen molar-refractivity contribution in [2.45, 2.75) is 168 Å². The molecule has 0 saturated heterocycles. The molecule has 0 aliphatic carbocycles. The number of hydrogen-bond donors (Lipinski definition) is 0. The summed E-state index contributed by atoms with van der Waals surface area (Å²) < 4.78 is 0. The van der Waals surface area contributed by atoms with Crippen LogP contribution in [0.15, 0.2) is 82.6 Å². The molecule has 0 aromatic heterocycles. The van der Waals surface area contributed by atoms with Gasteiger partial charge >= 0.3 is 0 Å². The minimum atomic E-state index is -0.000224. The summed E-state index contributed by atoms with van der Waals surface area (Å²) in [4.78, 5) is 1.77. The molecule has 306 valence electrons. The summed E-state index contributed by atoms with van der Waals surface area (Å²) in [5.74, 6) is 1.37. The van der Waals surface area contributed by atoms with E-state index in [1.807, 2.05) is 0 Å². The van der Waals surface area contributed by atoms with Crippen molar-refractivity contribution < 1.29 is 16.5 Å². The van der Waals surface area contributed by atoms with E-state index in [0.717, 1.165) is 45.4 Å². The van der Waals surface area contributed by atoms with Crippen LogP contribution in [0.5, 0.6) is 0 Å². The number of aryl methyl sites for hydroxylation is 2. The number of rotatable bonds is 10. The van der Waals surface area contributed by atoms with Gasteiger partial charge in [0.05, 0.1) is 0 Å². The van der Waals surface area contributed by atoms with Gasteiger partial charge in [-0.3, -0.25) is 0 Å². The molecule has 4 rings (SSSR count). The van der Waals surface area contributed by atoms with Crippen molar-refractivity contribution in [1.82, 2.24) is 0 Å². The predicted octanol–water partition coefficient (Wildman–Crippen LogP) is 16.2. The molecule has 0 saturated carbocycles. The number of benzene rings is 4. The van der Waals surface area contributed by atoms with Gasteiger partial charge in [-0.1, -0.05) is 206 Å². The number of nitrogens with zero attached hydrogens (tertiary/aromatic N) is 2. The van der Waals surface area contributed by atoms with E-state index in [1.165, 1.54) is 46.2 Å². The SMILES string of the molecule is CC(C)CCc1ccccc1[N-]c1cc(C(C)(C)C)cc(C(C)(C)C)c1[S-].CC(C)CCc1ccccc1[N-]c1cc(C(C)(C)C)cc(C(C)(C)C)c1[S-].[Ni]. The second-order valence-corrected chi connectivity index (χ2v) is 20.9. The van der Waals surface area contributed by atoms with Crippen molar-refractivity contribution in [1.29, 1.82) is 0 Å². The minimum absolute atomic E-state index is 0. The first-order chi connectivity index (χ1) is 24.8. The molecule has 0 heterocycles. The molecular formula is C50H70N2NiS2-4. The van der Waals surface area contributed by atoms with Gasteiger partial charge in [0.25, 0.3) is 0 Å². The van der Waals surface area contributed by atoms with Crippen molar-refractivity contribution in [3.05, 3.63) is 117 Å². The summed E-state index contributed by atoms with van der Waals surface area (Å²) in [6, 6.07) is 25.9. The van der Waals surface area contributed by atoms with Gasteiger partial charge < -0.3 is 35.9 Å². The molecule has 0 radical (unpaired) electrons. The first-order valence-electron chi connectivity index (χ1n) is 20.1. The van der Waals surface area contributed by atoms with Crippen LogP contribution in [0.4, 0.5) is 22.7 Å². The van der Waals surface area contributed by atoms with Gasteiger partial charge in [-0.05, 0) is 70.3 Å². The fraction of sp³-hybridized carbons (Fsp3) is 0.520. The molecule has 0 N–H and O–H groups in total. The van der Waals surface area contributed by atoms with Gasteiger partial charge in [-0.15, -0.1) is 11.4 Å². The van der Waals surface area contributed by atoms with Gasteiger partial charge in [0.15, 0.2) is 0 Å². The van der Waals surface area contributed by atoms with Crippen LogP contribution in [0.2, 0.25) is 0 Å². The molecule has 55 heavy (non-hydrogen) atoms. The van der Waals surface area contributed by atoms with Crippen LogP contribution in [0.25, 0.3) is 10.6 Å². The molecule has 2 nitrogen and oxygen atoms in total. The Morgan fingerprint density at radius 1 is 0.455 bits per heavy atom. The van der Waals surface area contributed by atoms with Crippen LogP contribution in [0.3, 0.4) is 0 Å². The molecule has 0 aliphatic rings. The molecule has 0 aliphatic heterocycles. The molecule has 0 unspecified atom stereocenters. The van der Waals surface area contributed by atoms with Gasteiger partial charge in [-0.2, -0.15) is 21.2 Å². The molecule has 0 fully saturated rings. The van der Waals surface area contributed by atoms with E-state index in [0.29, 0.717) is 11.8 Å². The maximum absolute atomic E-state index is 5.88. The Kier molecular flexibility index (Phi) is 17.4. The molecule has 0 bridgehead atoms. The van der Waals surface area contributed by atoms with E-state index < -0.39 is 0 Å². The average molecular weight is 822 g/mol. The van der Waals surface area contributed by atoms with E-state index in [9.17, 15) is 0 Å². The summed E-state index contributed by atoms with van der Waals surface area (Å²) in [6.07, 6.45) is 4.44. The topological polar surface area (TPSA) is 28.2 Å². The van der Waals surface area contributed by atoms with E-state index in [-0.39, 0.29) is 38.2 Å². The van der Waals surface area contributed by atoms with Gasteiger partial charge in [-0.25, -0.2) is 0 Å². The standard InChI is InChI=1S/2C25H36NS.Ni/c2*1-17(2)13-14-18-11-9-10-12-21(18)26-22-16-19(24(3,4)5)15-20(23(22)27)25(6,7)8;/h2*9-12,15-17,27H,13-14H2,1-8H3;/q2*-1;/p-2. The molecule has 4 aromatic carbocycles. The van der Waals surface area contributed by atoms with Gasteiger partial charge in [0.1, 0.15) is 0 Å². The van der Waals surface area contributed by atoms with Crippen molar-refractivity contribution >= 4 is 48.0 Å². The third kappa shape index (κ3) is 14.4. The monoisotopic (exact) mass is 820 g/mol. The normalized spacial score (nSPS) is 12.3. The average Bonchev–Trinajstić information content (AvgIpc) is 3.03. The second-order valence-electron chi connectivity index (χ2n) is 20.1. The Morgan fingerprint density at radius 2 is 0.764 bits per heavy atom. The van der Waals surface area contributed by atoms with Crippen LogP contribution >= 0.6 is 0 Å². The first-order valence-corrected chi connectivity index (χ1v) is 20.9. The van der Waals surface area contributed by atoms with Crippen molar-refractivity contribution in [2.75, 3.05) is 0 Å². The zero-order valence-electron chi connectivity index (χ0n) is 36.9. The smallest absolute Gasteiger partial charge is 0 e. The van der Waals surface area contributed by atoms with Crippen LogP contribution in [-0.2, 0) is 76.3 Å². The summed E-state index contributed by atoms with van der Waals surface area (Å²) in [6.45, 7) is 35.9. The van der Waals surface area contributed by atoms with Crippen LogP contribution in [-0.4, -0.2) is 0 Å². The largest absolute Gasteiger partial charge is 0.781 e. The van der Waals surface area contributed by atoms with Crippen molar-refractivity contribution in [2.24, 2.45) is 11.8 Å². The maximum atomic E-state index is 5.88. The fourth-order valence-corrected chi connectivity index (χ4v) is 7.12. The van der Waals surface area contributed by atoms with E-state index in [4.69, 9.17) is 35.9 Å². The minimum Gasteiger partial charge on any atom is -0.781 e. The first kappa shape index (κ1) is 48.6. The Hall–Kier alpha value is -2.59. The predicted molar refractivity (Wildman–Crippen MR) is 244 cm³/mol. The zero-order valence-corrected chi connectivity index (χ0v) is 39.6. The third-order valence-electron chi connectivity index (χ3n) is 9.93. The summed E-state index contributed by atoms with van der Waals surface area (Å²) >= 11 is 11.8. The molecule has 5 heteroatoms. The van der Waals surface area contributed by atoms with Crippen molar-refractivity contribution in [3.63, 3.8) is 0 Å². The zero-order chi connectivity index (χ0) is 40.8. The molecule has 0 atom stereocenters. The third-order valence-corrected chi connectivity index (χ3v) is 10.8. The molecule has 0 amide bonds. The second kappa shape index (κ2) is 19.7. The van der Waals surface area contributed by atoms with Crippen LogP contribution in [0.1, 0.15) is 157 Å². The van der Waals surface area contributed by atoms with Crippen LogP contribution in [0, 0.1) is 11.8 Å². The molecular weight excluding hydrogens is 751 g/mol. The summed E-state index contributed by atoms with van der Waals surface area (Å²) in [5, 5.41) is 10.1. The summed E-state index contributed by atoms with van der Waals surface area (Å²) in [7, 11) is 0. The number of para-hydroxylation sites is 2. The molecule has 4 aromatic rings. The number of hydrogen-bond acceptors (Lipinski definition) is 2. The summed E-state index contributed by atoms with van der Waals surface area (Å²) in [5.41, 5.74) is 11.7. The Balaban J connectivity index is 0.000000373. The maximum Gasteiger partial charge on any atom is 0 e. The van der Waals surface area contributed by atoms with E-state index >= 15 is 0 Å².